The van der Waals surface area contributed by atoms with E-state index in [1.54, 1.807) is 0 Å². The fourth-order valence-corrected chi connectivity index (χ4v) is 3.55. The monoisotopic (exact) mass is 250 g/mol. The molecule has 2 aromatic rings. The van der Waals surface area contributed by atoms with E-state index in [9.17, 15) is 0 Å². The molecule has 1 heterocycles. The number of aromatic nitrogens is 1. The largest absolute Gasteiger partial charge is 0.302 e. The third kappa shape index (κ3) is 1.87. The highest BCUT2D eigenvalue weighted by atomic mass is 15.0. The Balaban J connectivity index is 1.58. The van der Waals surface area contributed by atoms with Crippen LogP contribution in [0.5, 0.6) is 0 Å². The zero-order valence-electron chi connectivity index (χ0n) is 11.0. The van der Waals surface area contributed by atoms with E-state index in [1.807, 2.05) is 12.3 Å². The molecule has 96 valence electrons. The van der Waals surface area contributed by atoms with Crippen molar-refractivity contribution in [2.24, 2.45) is 0 Å². The minimum absolute atomic E-state index is 0.437. The summed E-state index contributed by atoms with van der Waals surface area (Å²) in [6.07, 6.45) is 6.69. The number of nitrogens with one attached hydrogen (secondary N) is 1. The number of aryl methyl sites for hydroxylation is 2. The summed E-state index contributed by atoms with van der Waals surface area (Å²) in [4.78, 5) is 4.58. The molecule has 2 atom stereocenters. The van der Waals surface area contributed by atoms with Gasteiger partial charge in [0.2, 0.25) is 0 Å². The summed E-state index contributed by atoms with van der Waals surface area (Å²) in [6, 6.07) is 14.0. The summed E-state index contributed by atoms with van der Waals surface area (Å²) in [6.45, 7) is 0. The molecule has 0 radical (unpaired) electrons. The lowest BCUT2D eigenvalue weighted by Crippen LogP contribution is -2.24. The first-order chi connectivity index (χ1) is 9.42. The molecule has 0 spiro atoms. The van der Waals surface area contributed by atoms with Crippen molar-refractivity contribution in [3.05, 3.63) is 65.0 Å². The zero-order valence-corrected chi connectivity index (χ0v) is 11.0. The molecular weight excluding hydrogens is 232 g/mol. The van der Waals surface area contributed by atoms with Gasteiger partial charge >= 0.3 is 0 Å². The number of nitrogens with zero attached hydrogens (tertiary/aromatic N) is 1. The molecule has 19 heavy (non-hydrogen) atoms. The molecule has 1 N–H and O–H groups in total. The van der Waals surface area contributed by atoms with E-state index < -0.39 is 0 Å². The summed E-state index contributed by atoms with van der Waals surface area (Å²) >= 11 is 0. The lowest BCUT2D eigenvalue weighted by molar-refractivity contribution is 0.435. The lowest BCUT2D eigenvalue weighted by atomic mass is 10.1. The normalized spacial score (nSPS) is 24.2. The summed E-state index contributed by atoms with van der Waals surface area (Å²) in [5, 5.41) is 3.83. The van der Waals surface area contributed by atoms with Crippen molar-refractivity contribution in [1.29, 1.82) is 0 Å². The minimum Gasteiger partial charge on any atom is -0.302 e. The Labute approximate surface area is 113 Å². The van der Waals surface area contributed by atoms with Crippen LogP contribution in [-0.2, 0) is 12.8 Å². The van der Waals surface area contributed by atoms with Gasteiger partial charge in [0.25, 0.3) is 0 Å². The highest BCUT2D eigenvalue weighted by Crippen LogP contribution is 2.36. The first kappa shape index (κ1) is 11.2. The molecule has 0 fully saturated rings. The van der Waals surface area contributed by atoms with Gasteiger partial charge in [0.05, 0.1) is 11.7 Å². The predicted molar refractivity (Wildman–Crippen MR) is 75.9 cm³/mol. The Morgan fingerprint density at radius 3 is 2.68 bits per heavy atom. The van der Waals surface area contributed by atoms with Crippen LogP contribution in [0.1, 0.15) is 47.3 Å². The van der Waals surface area contributed by atoms with Crippen molar-refractivity contribution >= 4 is 0 Å². The first-order valence-electron chi connectivity index (χ1n) is 7.19. The average molecular weight is 250 g/mol. The number of hydrogen-bond donors (Lipinski definition) is 1. The molecule has 0 saturated carbocycles. The molecule has 0 bridgehead atoms. The number of pyridine rings is 1. The van der Waals surface area contributed by atoms with Gasteiger partial charge in [-0.2, -0.15) is 0 Å². The zero-order chi connectivity index (χ0) is 12.7. The predicted octanol–water partition coefficient (Wildman–Crippen LogP) is 3.35. The Bertz CT molecular complexity index is 552. The van der Waals surface area contributed by atoms with Gasteiger partial charge < -0.3 is 5.32 Å². The molecule has 0 saturated heterocycles. The van der Waals surface area contributed by atoms with Crippen molar-refractivity contribution in [2.45, 2.75) is 37.8 Å². The topological polar surface area (TPSA) is 24.9 Å². The van der Waals surface area contributed by atoms with E-state index in [0.29, 0.717) is 12.1 Å². The van der Waals surface area contributed by atoms with Gasteiger partial charge in [0.1, 0.15) is 0 Å². The van der Waals surface area contributed by atoms with E-state index >= 15 is 0 Å². The molecule has 1 aromatic heterocycles. The van der Waals surface area contributed by atoms with Crippen molar-refractivity contribution in [1.82, 2.24) is 10.3 Å². The van der Waals surface area contributed by atoms with Gasteiger partial charge in [-0.15, -0.1) is 0 Å². The maximum absolute atomic E-state index is 4.58. The fourth-order valence-electron chi connectivity index (χ4n) is 3.55. The fraction of sp³-hybridized carbons (Fsp3) is 0.353. The Kier molecular flexibility index (Phi) is 2.63. The molecular formula is C17H18N2. The van der Waals surface area contributed by atoms with Crippen molar-refractivity contribution in [3.63, 3.8) is 0 Å². The number of rotatable bonds is 2. The van der Waals surface area contributed by atoms with Gasteiger partial charge in [-0.25, -0.2) is 0 Å². The second kappa shape index (κ2) is 4.46. The molecule has 1 aromatic carbocycles. The van der Waals surface area contributed by atoms with Gasteiger partial charge in [0.15, 0.2) is 0 Å². The highest BCUT2D eigenvalue weighted by Gasteiger charge is 2.29. The molecule has 2 heteroatoms. The SMILES string of the molecule is c1ccc2c(c1)CCC2NC1CCc2cccnc21. The summed E-state index contributed by atoms with van der Waals surface area (Å²) in [7, 11) is 0. The maximum Gasteiger partial charge on any atom is 0.0605 e. The third-order valence-electron chi connectivity index (χ3n) is 4.49. The van der Waals surface area contributed by atoms with Crippen LogP contribution >= 0.6 is 0 Å². The second-order valence-electron chi connectivity index (χ2n) is 5.60. The molecule has 2 unspecified atom stereocenters. The van der Waals surface area contributed by atoms with Crippen LogP contribution in [0.25, 0.3) is 0 Å². The van der Waals surface area contributed by atoms with Crippen LogP contribution in [0.2, 0.25) is 0 Å². The van der Waals surface area contributed by atoms with E-state index in [2.05, 4.69) is 40.6 Å². The van der Waals surface area contributed by atoms with Gasteiger partial charge in [-0.1, -0.05) is 30.3 Å². The lowest BCUT2D eigenvalue weighted by Gasteiger charge is -2.20. The minimum atomic E-state index is 0.437. The number of hydrogen-bond acceptors (Lipinski definition) is 2. The van der Waals surface area contributed by atoms with Gasteiger partial charge in [0, 0.05) is 12.2 Å². The molecule has 2 aliphatic carbocycles. The Hall–Kier alpha value is -1.67. The van der Waals surface area contributed by atoms with Crippen molar-refractivity contribution in [2.75, 3.05) is 0 Å². The molecule has 2 nitrogen and oxygen atoms in total. The molecule has 0 amide bonds. The van der Waals surface area contributed by atoms with E-state index in [-0.39, 0.29) is 0 Å². The Morgan fingerprint density at radius 1 is 0.895 bits per heavy atom. The number of benzene rings is 1. The van der Waals surface area contributed by atoms with Crippen LogP contribution in [0, 0.1) is 0 Å². The summed E-state index contributed by atoms with van der Waals surface area (Å²) in [5.41, 5.74) is 5.70. The van der Waals surface area contributed by atoms with Crippen LogP contribution in [-0.4, -0.2) is 4.98 Å². The summed E-state index contributed by atoms with van der Waals surface area (Å²) in [5.74, 6) is 0. The second-order valence-corrected chi connectivity index (χ2v) is 5.60. The standard InChI is InChI=1S/C17H18N2/c1-2-6-14-12(4-1)7-9-15(14)19-16-10-8-13-5-3-11-18-17(13)16/h1-6,11,15-16,19H,7-10H2. The van der Waals surface area contributed by atoms with Gasteiger partial charge in [-0.05, 0) is 48.4 Å². The smallest absolute Gasteiger partial charge is 0.0605 e. The first-order valence-corrected chi connectivity index (χ1v) is 7.19. The van der Waals surface area contributed by atoms with E-state index in [4.69, 9.17) is 0 Å². The average Bonchev–Trinajstić information content (AvgIpc) is 3.05. The van der Waals surface area contributed by atoms with Crippen LogP contribution in [0.3, 0.4) is 0 Å². The van der Waals surface area contributed by atoms with E-state index in [0.717, 1.165) is 6.42 Å². The van der Waals surface area contributed by atoms with Crippen molar-refractivity contribution < 1.29 is 0 Å². The number of fused-ring (bicyclic) bond motifs is 2. The quantitative estimate of drug-likeness (QED) is 0.884. The van der Waals surface area contributed by atoms with Crippen LogP contribution in [0.4, 0.5) is 0 Å². The third-order valence-corrected chi connectivity index (χ3v) is 4.49. The Morgan fingerprint density at radius 2 is 1.68 bits per heavy atom. The summed E-state index contributed by atoms with van der Waals surface area (Å²) < 4.78 is 0. The highest BCUT2D eigenvalue weighted by molar-refractivity contribution is 5.35. The van der Waals surface area contributed by atoms with E-state index in [1.165, 1.54) is 41.6 Å². The molecule has 0 aliphatic heterocycles. The van der Waals surface area contributed by atoms with Crippen molar-refractivity contribution in [3.8, 4) is 0 Å². The molecule has 4 rings (SSSR count). The maximum atomic E-state index is 4.58. The van der Waals surface area contributed by atoms with Gasteiger partial charge in [-0.3, -0.25) is 4.98 Å². The van der Waals surface area contributed by atoms with Crippen LogP contribution in [0.15, 0.2) is 42.6 Å². The molecule has 2 aliphatic rings. The van der Waals surface area contributed by atoms with Crippen LogP contribution < -0.4 is 5.32 Å².